The van der Waals surface area contributed by atoms with Gasteiger partial charge in [0.15, 0.2) is 18.4 Å². The van der Waals surface area contributed by atoms with Crippen molar-refractivity contribution >= 4 is 17.6 Å². The van der Waals surface area contributed by atoms with Crippen LogP contribution in [0.25, 0.3) is 0 Å². The fourth-order valence-electron chi connectivity index (χ4n) is 3.75. The largest absolute Gasteiger partial charge is 0.482 e. The average molecular weight is 478 g/mol. The molecule has 2 aliphatic heterocycles. The molecule has 0 aromatic heterocycles. The summed E-state index contributed by atoms with van der Waals surface area (Å²) in [7, 11) is 0. The van der Waals surface area contributed by atoms with Crippen molar-refractivity contribution in [2.24, 2.45) is 0 Å². The summed E-state index contributed by atoms with van der Waals surface area (Å²) in [5, 5.41) is 22.2. The van der Waals surface area contributed by atoms with Crippen LogP contribution in [0.15, 0.2) is 18.2 Å². The van der Waals surface area contributed by atoms with Gasteiger partial charge in [0.25, 0.3) is 5.91 Å². The molecule has 2 aliphatic rings. The number of rotatable bonds is 7. The molecule has 33 heavy (non-hydrogen) atoms. The van der Waals surface area contributed by atoms with Gasteiger partial charge in [-0.3, -0.25) is 19.9 Å². The first-order chi connectivity index (χ1) is 15.4. The number of imide groups is 1. The number of nitrogens with zero attached hydrogens (tertiary/aromatic N) is 3. The average Bonchev–Trinajstić information content (AvgIpc) is 2.74. The lowest BCUT2D eigenvalue weighted by atomic mass is 10.0. The van der Waals surface area contributed by atoms with E-state index in [4.69, 9.17) is 4.74 Å². The summed E-state index contributed by atoms with van der Waals surface area (Å²) in [6.07, 6.45) is -5.75. The first-order valence-electron chi connectivity index (χ1n) is 10.4. The van der Waals surface area contributed by atoms with Crippen LogP contribution in [0, 0.1) is 5.82 Å². The normalized spacial score (nSPS) is 24.8. The highest BCUT2D eigenvalue weighted by Crippen LogP contribution is 2.31. The monoisotopic (exact) mass is 478 g/mol. The van der Waals surface area contributed by atoms with Crippen LogP contribution in [0.5, 0.6) is 5.75 Å². The minimum absolute atomic E-state index is 0.101. The third-order valence-electron chi connectivity index (χ3n) is 5.64. The zero-order valence-electron chi connectivity index (χ0n) is 17.9. The Hall–Kier alpha value is -2.64. The Balaban J connectivity index is 1.51. The van der Waals surface area contributed by atoms with Gasteiger partial charge in [0.2, 0.25) is 0 Å². The molecule has 9 nitrogen and oxygen atoms in total. The zero-order chi connectivity index (χ0) is 24.4. The van der Waals surface area contributed by atoms with Gasteiger partial charge in [-0.15, -0.1) is 0 Å². The third kappa shape index (κ3) is 6.03. The van der Waals surface area contributed by atoms with Crippen molar-refractivity contribution in [3.05, 3.63) is 24.0 Å². The van der Waals surface area contributed by atoms with E-state index in [0.717, 1.165) is 24.0 Å². The summed E-state index contributed by atoms with van der Waals surface area (Å²) in [4.78, 5) is 28.4. The van der Waals surface area contributed by atoms with Crippen molar-refractivity contribution < 1.29 is 42.1 Å². The summed E-state index contributed by atoms with van der Waals surface area (Å²) in [5.74, 6) is -1.83. The molecule has 2 atom stereocenters. The fraction of sp³-hybridized carbons (Fsp3) is 0.600. The van der Waals surface area contributed by atoms with Crippen LogP contribution < -0.4 is 15.0 Å². The Labute approximate surface area is 187 Å². The van der Waals surface area contributed by atoms with Crippen LogP contribution in [0.4, 0.5) is 28.0 Å². The van der Waals surface area contributed by atoms with Crippen molar-refractivity contribution in [1.82, 2.24) is 15.1 Å². The number of benzene rings is 1. The SMILES string of the molecule is CC1(O)C(=O)NC(=O)N(CCCN2CCN(c3ccc(F)cc3OCC(F)(F)F)CC2)C1O. The van der Waals surface area contributed by atoms with Crippen molar-refractivity contribution in [3.63, 3.8) is 0 Å². The van der Waals surface area contributed by atoms with E-state index in [1.165, 1.54) is 6.07 Å². The zero-order valence-corrected chi connectivity index (χ0v) is 17.9. The number of aliphatic hydroxyl groups excluding tert-OH is 1. The molecule has 1 aromatic rings. The number of aliphatic hydroxyl groups is 2. The summed E-state index contributed by atoms with van der Waals surface area (Å²) in [6.45, 7) is 2.28. The minimum atomic E-state index is -4.54. The van der Waals surface area contributed by atoms with E-state index in [0.29, 0.717) is 44.8 Å². The first-order valence-corrected chi connectivity index (χ1v) is 10.4. The molecule has 0 saturated carbocycles. The molecule has 0 aliphatic carbocycles. The molecule has 3 N–H and O–H groups in total. The van der Waals surface area contributed by atoms with Gasteiger partial charge in [0, 0.05) is 38.8 Å². The number of halogens is 4. The van der Waals surface area contributed by atoms with Gasteiger partial charge in [-0.05, 0) is 32.0 Å². The molecule has 2 fully saturated rings. The lowest BCUT2D eigenvalue weighted by molar-refractivity contribution is -0.170. The molecule has 0 radical (unpaired) electrons. The van der Waals surface area contributed by atoms with Crippen molar-refractivity contribution in [2.75, 3.05) is 50.8 Å². The predicted molar refractivity (Wildman–Crippen MR) is 108 cm³/mol. The van der Waals surface area contributed by atoms with Gasteiger partial charge in [-0.1, -0.05) is 0 Å². The number of urea groups is 1. The standard InChI is InChI=1S/C20H26F4N4O5/c1-19(32)16(29)25-18(31)28(17(19)30)6-2-5-26-7-9-27(10-8-26)14-4-3-13(21)11-15(14)33-12-20(22,23)24/h3-4,11,17,30,32H,2,5-10,12H2,1H3,(H,25,29,31). The number of hydrogen-bond acceptors (Lipinski definition) is 7. The van der Waals surface area contributed by atoms with E-state index in [2.05, 4.69) is 4.90 Å². The van der Waals surface area contributed by atoms with E-state index in [1.807, 2.05) is 10.2 Å². The number of amides is 3. The summed E-state index contributed by atoms with van der Waals surface area (Å²) < 4.78 is 55.9. The summed E-state index contributed by atoms with van der Waals surface area (Å²) in [6, 6.07) is 2.70. The highest BCUT2D eigenvalue weighted by molar-refractivity contribution is 6.01. The lowest BCUT2D eigenvalue weighted by Gasteiger charge is -2.41. The Morgan fingerprint density at radius 1 is 1.18 bits per heavy atom. The van der Waals surface area contributed by atoms with Crippen LogP contribution in [0.1, 0.15) is 13.3 Å². The molecular formula is C20H26F4N4O5. The number of hydrogen-bond donors (Lipinski definition) is 3. The maximum absolute atomic E-state index is 13.5. The number of anilines is 1. The van der Waals surface area contributed by atoms with E-state index in [1.54, 1.807) is 0 Å². The molecule has 1 aromatic carbocycles. The number of nitrogens with one attached hydrogen (secondary N) is 1. The van der Waals surface area contributed by atoms with Gasteiger partial charge in [0.05, 0.1) is 5.69 Å². The van der Waals surface area contributed by atoms with E-state index < -0.39 is 42.4 Å². The van der Waals surface area contributed by atoms with Crippen LogP contribution in [0.3, 0.4) is 0 Å². The van der Waals surface area contributed by atoms with Gasteiger partial charge >= 0.3 is 12.2 Å². The molecule has 3 amide bonds. The van der Waals surface area contributed by atoms with Crippen LogP contribution in [0.2, 0.25) is 0 Å². The second-order valence-electron chi connectivity index (χ2n) is 8.17. The molecule has 0 bridgehead atoms. The number of carbonyl (C=O) groups excluding carboxylic acids is 2. The van der Waals surface area contributed by atoms with Crippen molar-refractivity contribution in [3.8, 4) is 5.75 Å². The Morgan fingerprint density at radius 3 is 2.48 bits per heavy atom. The number of ether oxygens (including phenoxy) is 1. The fourth-order valence-corrected chi connectivity index (χ4v) is 3.75. The molecule has 2 saturated heterocycles. The minimum Gasteiger partial charge on any atom is -0.482 e. The molecular weight excluding hydrogens is 452 g/mol. The molecule has 184 valence electrons. The smallest absolute Gasteiger partial charge is 0.422 e. The maximum atomic E-state index is 13.5. The van der Waals surface area contributed by atoms with Crippen molar-refractivity contribution in [1.29, 1.82) is 0 Å². The molecule has 2 unspecified atom stereocenters. The third-order valence-corrected chi connectivity index (χ3v) is 5.64. The van der Waals surface area contributed by atoms with Crippen molar-refractivity contribution in [2.45, 2.75) is 31.3 Å². The quantitative estimate of drug-likeness (QED) is 0.500. The molecule has 2 heterocycles. The lowest BCUT2D eigenvalue weighted by Crippen LogP contribution is -2.69. The predicted octanol–water partition coefficient (Wildman–Crippen LogP) is 0.900. The van der Waals surface area contributed by atoms with E-state index in [-0.39, 0.29) is 12.3 Å². The highest BCUT2D eigenvalue weighted by atomic mass is 19.4. The van der Waals surface area contributed by atoms with Gasteiger partial charge in [-0.25, -0.2) is 9.18 Å². The van der Waals surface area contributed by atoms with Gasteiger partial charge < -0.3 is 19.8 Å². The Bertz CT molecular complexity index is 875. The van der Waals surface area contributed by atoms with Crippen LogP contribution in [-0.4, -0.2) is 95.8 Å². The molecule has 3 rings (SSSR count). The Kier molecular flexibility index (Phi) is 7.34. The second-order valence-corrected chi connectivity index (χ2v) is 8.17. The summed E-state index contributed by atoms with van der Waals surface area (Å²) >= 11 is 0. The van der Waals surface area contributed by atoms with Crippen LogP contribution >= 0.6 is 0 Å². The highest BCUT2D eigenvalue weighted by Gasteiger charge is 2.48. The number of alkyl halides is 3. The summed E-state index contributed by atoms with van der Waals surface area (Å²) in [5.41, 5.74) is -1.74. The topological polar surface area (TPSA) is 106 Å². The Morgan fingerprint density at radius 2 is 1.85 bits per heavy atom. The van der Waals surface area contributed by atoms with Gasteiger partial charge in [-0.2, -0.15) is 13.2 Å². The van der Waals surface area contributed by atoms with E-state index >= 15 is 0 Å². The molecule has 0 spiro atoms. The van der Waals surface area contributed by atoms with E-state index in [9.17, 15) is 37.4 Å². The van der Waals surface area contributed by atoms with Gasteiger partial charge in [0.1, 0.15) is 11.6 Å². The first kappa shape index (κ1) is 25.0. The number of piperazine rings is 1. The maximum Gasteiger partial charge on any atom is 0.422 e. The molecule has 13 heteroatoms. The van der Waals surface area contributed by atoms with Crippen LogP contribution in [-0.2, 0) is 4.79 Å². The second kappa shape index (κ2) is 9.69. The number of carbonyl (C=O) groups is 2.